The first-order valence-corrected chi connectivity index (χ1v) is 0.507. The number of hydrogen-bond donors (Lipinski definition) is 1. The molecule has 0 amide bonds. The van der Waals surface area contributed by atoms with Crippen LogP contribution in [0.1, 0.15) is 0 Å². The third-order valence-corrected chi connectivity index (χ3v) is 0. The van der Waals surface area contributed by atoms with E-state index in [0.717, 1.165) is 0 Å². The van der Waals surface area contributed by atoms with Crippen LogP contribution in [-0.2, 0) is 34.1 Å². The molecule has 1 N–H and O–H groups in total. The Kier molecular flexibility index (Phi) is 130. The molecule has 33 valence electrons. The zero-order valence-corrected chi connectivity index (χ0v) is 4.28. The molecule has 0 fully saturated rings. The normalized spacial score (nSPS) is 1.50. The zero-order valence-electron chi connectivity index (χ0n) is 1.48. The Balaban J connectivity index is -0.00000000500. The van der Waals surface area contributed by atoms with Gasteiger partial charge in [-0.05, 0) is 0 Å². The molecule has 0 atom stereocenters. The first-order valence-electron chi connectivity index (χ1n) is 0.169. The summed E-state index contributed by atoms with van der Waals surface area (Å²) in [7, 11) is 0. The molecular formula is HClCuFeO. The third kappa shape index (κ3) is 10.4. The van der Waals surface area contributed by atoms with Crippen molar-refractivity contribution in [2.75, 3.05) is 0 Å². The summed E-state index contributed by atoms with van der Waals surface area (Å²) in [5, 5.41) is 0. The molecule has 0 saturated carbocycles. The molecule has 0 aromatic carbocycles. The summed E-state index contributed by atoms with van der Waals surface area (Å²) in [6, 6.07) is 0. The second-order valence-corrected chi connectivity index (χ2v) is 0. The summed E-state index contributed by atoms with van der Waals surface area (Å²) in [6.45, 7) is 0. The Morgan fingerprint density at radius 3 is 1.25 bits per heavy atom. The SMILES string of the molecule is OCl.[Cu].[Fe]. The van der Waals surface area contributed by atoms with E-state index >= 15 is 0 Å². The summed E-state index contributed by atoms with van der Waals surface area (Å²) in [4.78, 5) is 0. The average molecular weight is 172 g/mol. The van der Waals surface area contributed by atoms with E-state index in [2.05, 4.69) is 11.9 Å². The Bertz CT molecular complexity index is 8.00. The Labute approximate surface area is 50.8 Å². The number of rotatable bonds is 0. The van der Waals surface area contributed by atoms with E-state index in [1.807, 2.05) is 0 Å². The summed E-state index contributed by atoms with van der Waals surface area (Å²) < 4.78 is 6.47. The van der Waals surface area contributed by atoms with Gasteiger partial charge in [0, 0.05) is 34.1 Å². The molecule has 0 unspecified atom stereocenters. The van der Waals surface area contributed by atoms with Crippen LogP contribution in [0.2, 0.25) is 0 Å². The Morgan fingerprint density at radius 1 is 1.25 bits per heavy atom. The molecule has 1 radical (unpaired) electrons. The van der Waals surface area contributed by atoms with Crippen LogP contribution < -0.4 is 0 Å². The largest absolute Gasteiger partial charge is 0.295 e. The van der Waals surface area contributed by atoms with Gasteiger partial charge in [-0.25, -0.2) is 0 Å². The standard InChI is InChI=1S/ClHO.Cu.Fe/c1-2;;/h2H;;. The fourth-order valence-electron chi connectivity index (χ4n) is 0. The van der Waals surface area contributed by atoms with Gasteiger partial charge >= 0.3 is 0 Å². The van der Waals surface area contributed by atoms with Crippen molar-refractivity contribution in [3.63, 3.8) is 0 Å². The predicted molar refractivity (Wildman–Crippen MR) is 8.07 cm³/mol. The van der Waals surface area contributed by atoms with E-state index in [-0.39, 0.29) is 34.1 Å². The molecule has 0 aromatic rings. The topological polar surface area (TPSA) is 20.2 Å². The smallest absolute Gasteiger partial charge is 0.0579 e. The molecular weight excluding hydrogens is 171 g/mol. The Hall–Kier alpha value is 1.29. The minimum absolute atomic E-state index is 0. The van der Waals surface area contributed by atoms with Crippen molar-refractivity contribution in [2.45, 2.75) is 0 Å². The zero-order chi connectivity index (χ0) is 2.00. The van der Waals surface area contributed by atoms with Gasteiger partial charge in [0.25, 0.3) is 0 Å². The molecule has 0 aliphatic rings. The van der Waals surface area contributed by atoms with Gasteiger partial charge < -0.3 is 0 Å². The molecule has 1 nitrogen and oxygen atoms in total. The van der Waals surface area contributed by atoms with Gasteiger partial charge in [0.05, 0.1) is 11.9 Å². The second kappa shape index (κ2) is 27.9. The summed E-state index contributed by atoms with van der Waals surface area (Å²) >= 11 is 3.64. The second-order valence-electron chi connectivity index (χ2n) is 0. The average Bonchev–Trinajstić information content (AvgIpc) is 1.00. The summed E-state index contributed by atoms with van der Waals surface area (Å²) in [5.74, 6) is 0. The molecule has 4 heteroatoms. The van der Waals surface area contributed by atoms with Gasteiger partial charge in [-0.2, -0.15) is 0 Å². The minimum atomic E-state index is 0. The third-order valence-electron chi connectivity index (χ3n) is 0. The van der Waals surface area contributed by atoms with Crippen LogP contribution in [0.4, 0.5) is 0 Å². The number of hydrogen-bond acceptors (Lipinski definition) is 1. The number of halogens is 1. The fraction of sp³-hybridized carbons (Fsp3) is 0. The molecule has 0 heterocycles. The molecule has 0 aliphatic heterocycles. The molecule has 0 spiro atoms. The van der Waals surface area contributed by atoms with Crippen molar-refractivity contribution in [3.8, 4) is 0 Å². The maximum absolute atomic E-state index is 6.47. The van der Waals surface area contributed by atoms with E-state index < -0.39 is 0 Å². The van der Waals surface area contributed by atoms with Crippen LogP contribution in [0.15, 0.2) is 0 Å². The Morgan fingerprint density at radius 2 is 1.25 bits per heavy atom. The molecule has 4 heavy (non-hydrogen) atoms. The summed E-state index contributed by atoms with van der Waals surface area (Å²) in [6.07, 6.45) is 0. The van der Waals surface area contributed by atoms with Gasteiger partial charge in [-0.1, -0.05) is 0 Å². The van der Waals surface area contributed by atoms with Gasteiger partial charge in [0.1, 0.15) is 0 Å². The van der Waals surface area contributed by atoms with Crippen molar-refractivity contribution in [1.29, 1.82) is 0 Å². The van der Waals surface area contributed by atoms with Crippen LogP contribution in [0, 0.1) is 0 Å². The van der Waals surface area contributed by atoms with E-state index in [4.69, 9.17) is 4.66 Å². The predicted octanol–water partition coefficient (Wildman–Crippen LogP) is 0.128. The quantitative estimate of drug-likeness (QED) is 0.514. The van der Waals surface area contributed by atoms with Gasteiger partial charge in [-0.15, -0.1) is 0 Å². The summed E-state index contributed by atoms with van der Waals surface area (Å²) in [5.41, 5.74) is 0. The van der Waals surface area contributed by atoms with E-state index in [0.29, 0.717) is 0 Å². The van der Waals surface area contributed by atoms with E-state index in [1.54, 1.807) is 0 Å². The van der Waals surface area contributed by atoms with Crippen LogP contribution in [0.5, 0.6) is 0 Å². The van der Waals surface area contributed by atoms with Crippen molar-refractivity contribution in [2.24, 2.45) is 0 Å². The van der Waals surface area contributed by atoms with Crippen molar-refractivity contribution in [3.05, 3.63) is 0 Å². The van der Waals surface area contributed by atoms with Crippen LogP contribution >= 0.6 is 11.9 Å². The molecule has 0 aromatic heterocycles. The van der Waals surface area contributed by atoms with Gasteiger partial charge in [0.2, 0.25) is 0 Å². The fourth-order valence-corrected chi connectivity index (χ4v) is 0. The van der Waals surface area contributed by atoms with Crippen LogP contribution in [-0.4, -0.2) is 4.66 Å². The van der Waals surface area contributed by atoms with E-state index in [9.17, 15) is 0 Å². The monoisotopic (exact) mass is 171 g/mol. The van der Waals surface area contributed by atoms with Crippen LogP contribution in [0.3, 0.4) is 0 Å². The van der Waals surface area contributed by atoms with Crippen LogP contribution in [0.25, 0.3) is 0 Å². The first-order chi connectivity index (χ1) is 1.00. The molecule has 0 aliphatic carbocycles. The maximum Gasteiger partial charge on any atom is 0.0579 e. The van der Waals surface area contributed by atoms with Crippen molar-refractivity contribution in [1.82, 2.24) is 0 Å². The minimum Gasteiger partial charge on any atom is -0.295 e. The first kappa shape index (κ1) is 18.6. The molecule has 0 saturated heterocycles. The maximum atomic E-state index is 6.47. The van der Waals surface area contributed by atoms with Gasteiger partial charge in [-0.3, -0.25) is 4.66 Å². The van der Waals surface area contributed by atoms with Gasteiger partial charge in [0.15, 0.2) is 0 Å². The molecule has 0 rings (SSSR count). The van der Waals surface area contributed by atoms with E-state index in [1.165, 1.54) is 0 Å². The van der Waals surface area contributed by atoms with Crippen molar-refractivity contribution >= 4 is 11.9 Å². The van der Waals surface area contributed by atoms with Crippen molar-refractivity contribution < 1.29 is 38.8 Å². The molecule has 0 bridgehead atoms.